The van der Waals surface area contributed by atoms with E-state index in [1.165, 1.54) is 18.4 Å². The number of benzene rings is 1. The van der Waals surface area contributed by atoms with Gasteiger partial charge < -0.3 is 0 Å². The van der Waals surface area contributed by atoms with Crippen molar-refractivity contribution in [1.29, 1.82) is 0 Å². The second-order valence-corrected chi connectivity index (χ2v) is 6.23. The van der Waals surface area contributed by atoms with Gasteiger partial charge in [-0.2, -0.15) is 0 Å². The van der Waals surface area contributed by atoms with Gasteiger partial charge >= 0.3 is 0 Å². The van der Waals surface area contributed by atoms with E-state index in [-0.39, 0.29) is 5.78 Å². The van der Waals surface area contributed by atoms with Crippen molar-refractivity contribution in [1.82, 2.24) is 4.90 Å². The minimum absolute atomic E-state index is 0.245. The van der Waals surface area contributed by atoms with Crippen LogP contribution in [0.1, 0.15) is 42.6 Å². The van der Waals surface area contributed by atoms with Gasteiger partial charge in [0.1, 0.15) is 0 Å². The topological polar surface area (TPSA) is 20.3 Å². The Morgan fingerprint density at radius 1 is 1.17 bits per heavy atom. The van der Waals surface area contributed by atoms with Gasteiger partial charge in [0.2, 0.25) is 0 Å². The Hall–Kier alpha value is -1.15. The zero-order valence-electron chi connectivity index (χ0n) is 11.7. The van der Waals surface area contributed by atoms with Crippen LogP contribution in [0.2, 0.25) is 0 Å². The van der Waals surface area contributed by atoms with Crippen molar-refractivity contribution in [3.63, 3.8) is 0 Å². The van der Waals surface area contributed by atoms with E-state index >= 15 is 0 Å². The molecular formula is C16H23NO. The van der Waals surface area contributed by atoms with E-state index < -0.39 is 0 Å². The monoisotopic (exact) mass is 245 g/mol. The van der Waals surface area contributed by atoms with E-state index in [2.05, 4.69) is 18.7 Å². The van der Waals surface area contributed by atoms with Crippen LogP contribution >= 0.6 is 0 Å². The van der Waals surface area contributed by atoms with Gasteiger partial charge in [0.15, 0.2) is 5.78 Å². The van der Waals surface area contributed by atoms with Gasteiger partial charge in [0.05, 0.1) is 6.54 Å². The molecule has 1 aromatic rings. The van der Waals surface area contributed by atoms with Crippen molar-refractivity contribution < 1.29 is 4.79 Å². The van der Waals surface area contributed by atoms with E-state index in [1.807, 2.05) is 31.2 Å². The number of aryl methyl sites for hydroxylation is 1. The minimum atomic E-state index is 0.245. The maximum Gasteiger partial charge on any atom is 0.176 e. The average molecular weight is 245 g/mol. The van der Waals surface area contributed by atoms with E-state index in [0.717, 1.165) is 18.7 Å². The fourth-order valence-corrected chi connectivity index (χ4v) is 2.35. The molecule has 0 bridgehead atoms. The maximum atomic E-state index is 12.1. The second-order valence-electron chi connectivity index (χ2n) is 6.23. The Kier molecular flexibility index (Phi) is 3.86. The summed E-state index contributed by atoms with van der Waals surface area (Å²) in [6.07, 6.45) is 2.38. The quantitative estimate of drug-likeness (QED) is 0.762. The van der Waals surface area contributed by atoms with Gasteiger partial charge in [0, 0.05) is 5.56 Å². The van der Waals surface area contributed by atoms with E-state index in [9.17, 15) is 4.79 Å². The van der Waals surface area contributed by atoms with Gasteiger partial charge in [-0.05, 0) is 38.3 Å². The summed E-state index contributed by atoms with van der Waals surface area (Å²) in [5, 5.41) is 0. The predicted molar refractivity (Wildman–Crippen MR) is 75.0 cm³/mol. The lowest BCUT2D eigenvalue weighted by molar-refractivity contribution is 0.0845. The lowest BCUT2D eigenvalue weighted by atomic mass is 9.82. The number of carbonyl (C=O) groups excluding carboxylic acids is 1. The summed E-state index contributed by atoms with van der Waals surface area (Å²) >= 11 is 0. The molecule has 1 aromatic carbocycles. The highest BCUT2D eigenvalue weighted by Gasteiger charge is 2.26. The summed E-state index contributed by atoms with van der Waals surface area (Å²) < 4.78 is 0. The number of likely N-dealkylation sites (tertiary alicyclic amines) is 1. The smallest absolute Gasteiger partial charge is 0.176 e. The predicted octanol–water partition coefficient (Wildman–Crippen LogP) is 3.30. The van der Waals surface area contributed by atoms with Crippen LogP contribution in [0.15, 0.2) is 24.3 Å². The molecule has 1 aliphatic rings. The normalized spacial score (nSPS) is 19.7. The molecule has 0 atom stereocenters. The van der Waals surface area contributed by atoms with Crippen LogP contribution in [-0.4, -0.2) is 30.3 Å². The number of hydrogen-bond donors (Lipinski definition) is 0. The van der Waals surface area contributed by atoms with Crippen molar-refractivity contribution in [3.8, 4) is 0 Å². The van der Waals surface area contributed by atoms with Crippen LogP contribution in [0.3, 0.4) is 0 Å². The number of piperidine rings is 1. The average Bonchev–Trinajstić information content (AvgIpc) is 2.33. The lowest BCUT2D eigenvalue weighted by Gasteiger charge is -2.36. The van der Waals surface area contributed by atoms with Crippen molar-refractivity contribution in [2.24, 2.45) is 5.41 Å². The SMILES string of the molecule is Cc1ccc(C(=O)CN2CCC(C)(C)CC2)cc1. The molecule has 1 fully saturated rings. The van der Waals surface area contributed by atoms with Crippen LogP contribution in [-0.2, 0) is 0 Å². The summed E-state index contributed by atoms with van der Waals surface area (Å²) in [5.41, 5.74) is 2.49. The molecule has 2 rings (SSSR count). The van der Waals surface area contributed by atoms with Crippen molar-refractivity contribution in [2.75, 3.05) is 19.6 Å². The molecule has 1 saturated heterocycles. The fraction of sp³-hybridized carbons (Fsp3) is 0.562. The number of Topliss-reactive ketones (excluding diaryl/α,β-unsaturated/α-hetero) is 1. The van der Waals surface area contributed by atoms with Gasteiger partial charge in [-0.3, -0.25) is 9.69 Å². The number of nitrogens with zero attached hydrogens (tertiary/aromatic N) is 1. The zero-order chi connectivity index (χ0) is 13.2. The highest BCUT2D eigenvalue weighted by Crippen LogP contribution is 2.29. The van der Waals surface area contributed by atoms with Gasteiger partial charge in [-0.1, -0.05) is 43.7 Å². The number of carbonyl (C=O) groups is 1. The van der Waals surface area contributed by atoms with Crippen molar-refractivity contribution in [2.45, 2.75) is 33.6 Å². The highest BCUT2D eigenvalue weighted by atomic mass is 16.1. The van der Waals surface area contributed by atoms with Gasteiger partial charge in [-0.25, -0.2) is 0 Å². The first-order valence-corrected chi connectivity index (χ1v) is 6.78. The first kappa shape index (κ1) is 13.3. The molecule has 0 saturated carbocycles. The second kappa shape index (κ2) is 5.23. The molecular weight excluding hydrogens is 222 g/mol. The van der Waals surface area contributed by atoms with Crippen LogP contribution in [0, 0.1) is 12.3 Å². The van der Waals surface area contributed by atoms with Gasteiger partial charge in [-0.15, -0.1) is 0 Å². The van der Waals surface area contributed by atoms with Crippen LogP contribution in [0.5, 0.6) is 0 Å². The molecule has 0 amide bonds. The molecule has 1 heterocycles. The molecule has 18 heavy (non-hydrogen) atoms. The van der Waals surface area contributed by atoms with Crippen LogP contribution in [0.25, 0.3) is 0 Å². The number of hydrogen-bond acceptors (Lipinski definition) is 2. The molecule has 0 aromatic heterocycles. The summed E-state index contributed by atoms with van der Waals surface area (Å²) in [6.45, 7) is 9.33. The van der Waals surface area contributed by atoms with E-state index in [4.69, 9.17) is 0 Å². The third kappa shape index (κ3) is 3.42. The molecule has 0 aliphatic carbocycles. The first-order chi connectivity index (χ1) is 8.46. The molecule has 0 radical (unpaired) electrons. The van der Waals surface area contributed by atoms with Crippen LogP contribution < -0.4 is 0 Å². The molecule has 2 heteroatoms. The fourth-order valence-electron chi connectivity index (χ4n) is 2.35. The standard InChI is InChI=1S/C16H23NO/c1-13-4-6-14(7-5-13)15(18)12-17-10-8-16(2,3)9-11-17/h4-7H,8-12H2,1-3H3. The summed E-state index contributed by atoms with van der Waals surface area (Å²) in [5.74, 6) is 0.245. The van der Waals surface area contributed by atoms with Crippen molar-refractivity contribution in [3.05, 3.63) is 35.4 Å². The Bertz CT molecular complexity index is 409. The Labute approximate surface area is 110 Å². The largest absolute Gasteiger partial charge is 0.296 e. The summed E-state index contributed by atoms with van der Waals surface area (Å²) in [4.78, 5) is 14.4. The zero-order valence-corrected chi connectivity index (χ0v) is 11.7. The van der Waals surface area contributed by atoms with E-state index in [0.29, 0.717) is 12.0 Å². The Morgan fingerprint density at radius 2 is 1.72 bits per heavy atom. The molecule has 98 valence electrons. The molecule has 2 nitrogen and oxygen atoms in total. The first-order valence-electron chi connectivity index (χ1n) is 6.78. The Morgan fingerprint density at radius 3 is 2.28 bits per heavy atom. The van der Waals surface area contributed by atoms with Crippen LogP contribution in [0.4, 0.5) is 0 Å². The maximum absolute atomic E-state index is 12.1. The number of ketones is 1. The number of rotatable bonds is 3. The molecule has 1 aliphatic heterocycles. The summed E-state index contributed by atoms with van der Waals surface area (Å²) in [7, 11) is 0. The lowest BCUT2D eigenvalue weighted by Crippen LogP contribution is -2.40. The molecule has 0 N–H and O–H groups in total. The Balaban J connectivity index is 1.90. The van der Waals surface area contributed by atoms with Gasteiger partial charge in [0.25, 0.3) is 0 Å². The third-order valence-electron chi connectivity index (χ3n) is 3.95. The minimum Gasteiger partial charge on any atom is -0.296 e. The van der Waals surface area contributed by atoms with E-state index in [1.54, 1.807) is 0 Å². The summed E-state index contributed by atoms with van der Waals surface area (Å²) in [6, 6.07) is 7.89. The molecule has 0 unspecified atom stereocenters. The van der Waals surface area contributed by atoms with Crippen molar-refractivity contribution >= 4 is 5.78 Å². The highest BCUT2D eigenvalue weighted by molar-refractivity contribution is 5.97. The molecule has 0 spiro atoms. The third-order valence-corrected chi connectivity index (χ3v) is 3.95.